The fraction of sp³-hybridized carbons (Fsp3) is 0.909. The molecule has 0 bridgehead atoms. The molecule has 0 aromatic carbocycles. The largest absolute Gasteiger partial charge is 0.396 e. The average molecular weight is 214 g/mol. The van der Waals surface area contributed by atoms with E-state index in [1.165, 1.54) is 6.42 Å². The number of nitrogens with one attached hydrogen (secondary N) is 2. The summed E-state index contributed by atoms with van der Waals surface area (Å²) in [6.45, 7) is 4.21. The Morgan fingerprint density at radius 2 is 2.13 bits per heavy atom. The van der Waals surface area contributed by atoms with Gasteiger partial charge >= 0.3 is 6.03 Å². The summed E-state index contributed by atoms with van der Waals surface area (Å²) >= 11 is 0. The van der Waals surface area contributed by atoms with Crippen LogP contribution in [0.25, 0.3) is 0 Å². The van der Waals surface area contributed by atoms with Crippen molar-refractivity contribution in [3.05, 3.63) is 0 Å². The summed E-state index contributed by atoms with van der Waals surface area (Å²) in [6, 6.07) is 0.342. The molecule has 88 valence electrons. The van der Waals surface area contributed by atoms with E-state index < -0.39 is 0 Å². The van der Waals surface area contributed by atoms with Crippen LogP contribution in [0.3, 0.4) is 0 Å². The van der Waals surface area contributed by atoms with Gasteiger partial charge in [-0.05, 0) is 31.6 Å². The predicted octanol–water partition coefficient (Wildman–Crippen LogP) is 1.25. The predicted molar refractivity (Wildman–Crippen MR) is 59.6 cm³/mol. The number of aliphatic hydroxyl groups excluding tert-OH is 1. The summed E-state index contributed by atoms with van der Waals surface area (Å²) in [5.74, 6) is 0.351. The lowest BCUT2D eigenvalue weighted by molar-refractivity contribution is 0.210. The van der Waals surface area contributed by atoms with E-state index in [1.54, 1.807) is 0 Å². The summed E-state index contributed by atoms with van der Waals surface area (Å²) < 4.78 is 0. The van der Waals surface area contributed by atoms with Gasteiger partial charge in [0.15, 0.2) is 0 Å². The Balaban J connectivity index is 2.25. The Labute approximate surface area is 91.4 Å². The molecule has 3 N–H and O–H groups in total. The molecule has 2 amide bonds. The van der Waals surface area contributed by atoms with E-state index in [4.69, 9.17) is 5.11 Å². The number of carbonyl (C=O) groups excluding carboxylic acids is 1. The van der Waals surface area contributed by atoms with Crippen molar-refractivity contribution >= 4 is 6.03 Å². The normalized spacial score (nSPS) is 18.4. The van der Waals surface area contributed by atoms with E-state index in [0.29, 0.717) is 18.4 Å². The zero-order valence-corrected chi connectivity index (χ0v) is 9.62. The van der Waals surface area contributed by atoms with Crippen molar-refractivity contribution in [2.75, 3.05) is 6.61 Å². The van der Waals surface area contributed by atoms with Crippen LogP contribution < -0.4 is 10.6 Å². The van der Waals surface area contributed by atoms with Gasteiger partial charge in [0.1, 0.15) is 0 Å². The second-order valence-corrected chi connectivity index (χ2v) is 4.61. The van der Waals surface area contributed by atoms with E-state index in [-0.39, 0.29) is 18.7 Å². The Hall–Kier alpha value is -0.770. The molecule has 0 aliphatic heterocycles. The van der Waals surface area contributed by atoms with E-state index in [1.807, 2.05) is 13.8 Å². The summed E-state index contributed by atoms with van der Waals surface area (Å²) in [7, 11) is 0. The second-order valence-electron chi connectivity index (χ2n) is 4.61. The van der Waals surface area contributed by atoms with Crippen molar-refractivity contribution in [2.24, 2.45) is 5.92 Å². The summed E-state index contributed by atoms with van der Waals surface area (Å²) in [5, 5.41) is 14.7. The number of rotatable bonds is 5. The molecular formula is C11H22N2O2. The number of urea groups is 1. The van der Waals surface area contributed by atoms with Gasteiger partial charge in [-0.15, -0.1) is 0 Å². The third-order valence-corrected chi connectivity index (χ3v) is 3.00. The highest BCUT2D eigenvalue weighted by Crippen LogP contribution is 2.17. The molecule has 15 heavy (non-hydrogen) atoms. The van der Waals surface area contributed by atoms with Gasteiger partial charge in [0, 0.05) is 18.7 Å². The van der Waals surface area contributed by atoms with Crippen LogP contribution in [0.4, 0.5) is 4.79 Å². The van der Waals surface area contributed by atoms with Crippen molar-refractivity contribution in [1.82, 2.24) is 10.6 Å². The molecule has 0 saturated heterocycles. The van der Waals surface area contributed by atoms with Crippen LogP contribution in [0.15, 0.2) is 0 Å². The minimum absolute atomic E-state index is 0.0649. The molecule has 1 atom stereocenters. The quantitative estimate of drug-likeness (QED) is 0.645. The van der Waals surface area contributed by atoms with Gasteiger partial charge in [-0.3, -0.25) is 0 Å². The molecule has 1 saturated carbocycles. The molecule has 0 aromatic heterocycles. The Kier molecular flexibility index (Phi) is 4.88. The van der Waals surface area contributed by atoms with Crippen molar-refractivity contribution in [1.29, 1.82) is 0 Å². The van der Waals surface area contributed by atoms with Gasteiger partial charge in [0.2, 0.25) is 0 Å². The van der Waals surface area contributed by atoms with Gasteiger partial charge in [0.05, 0.1) is 0 Å². The lowest BCUT2D eigenvalue weighted by Gasteiger charge is -2.28. The van der Waals surface area contributed by atoms with Crippen molar-refractivity contribution < 1.29 is 9.90 Å². The van der Waals surface area contributed by atoms with Crippen molar-refractivity contribution in [3.8, 4) is 0 Å². The molecule has 4 heteroatoms. The molecule has 1 unspecified atom stereocenters. The third kappa shape index (κ3) is 4.08. The van der Waals surface area contributed by atoms with Gasteiger partial charge in [0.25, 0.3) is 0 Å². The minimum atomic E-state index is -0.0909. The second kappa shape index (κ2) is 5.95. The third-order valence-electron chi connectivity index (χ3n) is 3.00. The Morgan fingerprint density at radius 1 is 1.47 bits per heavy atom. The van der Waals surface area contributed by atoms with Gasteiger partial charge in [-0.2, -0.15) is 0 Å². The van der Waals surface area contributed by atoms with Crippen LogP contribution >= 0.6 is 0 Å². The molecule has 1 rings (SSSR count). The first-order valence-electron chi connectivity index (χ1n) is 5.81. The van der Waals surface area contributed by atoms with Crippen molar-refractivity contribution in [3.63, 3.8) is 0 Å². The van der Waals surface area contributed by atoms with Crippen molar-refractivity contribution in [2.45, 2.75) is 51.6 Å². The zero-order chi connectivity index (χ0) is 11.3. The standard InChI is InChI=1S/C11H22N2O2/c1-8(2)10(6-7-14)13-11(15)12-9-4-3-5-9/h8-10,14H,3-7H2,1-2H3,(H2,12,13,15). The lowest BCUT2D eigenvalue weighted by atomic mass is 9.93. The molecule has 0 aromatic rings. The number of aliphatic hydroxyl groups is 1. The first-order valence-corrected chi connectivity index (χ1v) is 5.81. The maximum Gasteiger partial charge on any atom is 0.315 e. The average Bonchev–Trinajstić information content (AvgIpc) is 2.10. The molecular weight excluding hydrogens is 192 g/mol. The summed E-state index contributed by atoms with van der Waals surface area (Å²) in [6.07, 6.45) is 4.03. The number of hydrogen-bond donors (Lipinski definition) is 3. The fourth-order valence-electron chi connectivity index (χ4n) is 1.66. The topological polar surface area (TPSA) is 61.4 Å². The van der Waals surface area contributed by atoms with Crippen LogP contribution in [0.2, 0.25) is 0 Å². The van der Waals surface area contributed by atoms with Gasteiger partial charge in [-0.1, -0.05) is 13.8 Å². The highest BCUT2D eigenvalue weighted by atomic mass is 16.3. The number of hydrogen-bond acceptors (Lipinski definition) is 2. The van der Waals surface area contributed by atoms with E-state index in [9.17, 15) is 4.79 Å². The van der Waals surface area contributed by atoms with Crippen LogP contribution in [0.1, 0.15) is 39.5 Å². The van der Waals surface area contributed by atoms with Gasteiger partial charge < -0.3 is 15.7 Å². The molecule has 1 aliphatic rings. The van der Waals surface area contributed by atoms with E-state index >= 15 is 0 Å². The van der Waals surface area contributed by atoms with Gasteiger partial charge in [-0.25, -0.2) is 4.79 Å². The summed E-state index contributed by atoms with van der Waals surface area (Å²) in [4.78, 5) is 11.5. The molecule has 4 nitrogen and oxygen atoms in total. The molecule has 0 heterocycles. The maximum atomic E-state index is 11.5. The smallest absolute Gasteiger partial charge is 0.315 e. The van der Waals surface area contributed by atoms with E-state index in [2.05, 4.69) is 10.6 Å². The Bertz CT molecular complexity index is 203. The number of amides is 2. The van der Waals surface area contributed by atoms with Crippen LogP contribution in [0, 0.1) is 5.92 Å². The molecule has 0 radical (unpaired) electrons. The first kappa shape index (κ1) is 12.3. The molecule has 1 aliphatic carbocycles. The fourth-order valence-corrected chi connectivity index (χ4v) is 1.66. The number of carbonyl (C=O) groups is 1. The monoisotopic (exact) mass is 214 g/mol. The maximum absolute atomic E-state index is 11.5. The van der Waals surface area contributed by atoms with Crippen LogP contribution in [-0.4, -0.2) is 29.8 Å². The highest BCUT2D eigenvalue weighted by molar-refractivity contribution is 5.74. The van der Waals surface area contributed by atoms with Crippen LogP contribution in [0.5, 0.6) is 0 Å². The summed E-state index contributed by atoms with van der Waals surface area (Å²) in [5.41, 5.74) is 0. The van der Waals surface area contributed by atoms with E-state index in [0.717, 1.165) is 12.8 Å². The highest BCUT2D eigenvalue weighted by Gasteiger charge is 2.21. The molecule has 0 spiro atoms. The lowest BCUT2D eigenvalue weighted by Crippen LogP contribution is -2.49. The minimum Gasteiger partial charge on any atom is -0.396 e. The SMILES string of the molecule is CC(C)C(CCO)NC(=O)NC1CCC1. The Morgan fingerprint density at radius 3 is 2.53 bits per heavy atom. The molecule has 1 fully saturated rings. The first-order chi connectivity index (χ1) is 7.13. The van der Waals surface area contributed by atoms with Crippen LogP contribution in [-0.2, 0) is 0 Å². The zero-order valence-electron chi connectivity index (χ0n) is 9.62.